The van der Waals surface area contributed by atoms with E-state index in [0.717, 1.165) is 0 Å². The Morgan fingerprint density at radius 1 is 1.33 bits per heavy atom. The van der Waals surface area contributed by atoms with E-state index in [4.69, 9.17) is 32.5 Å². The summed E-state index contributed by atoms with van der Waals surface area (Å²) < 4.78 is 31.6. The van der Waals surface area contributed by atoms with Gasteiger partial charge >= 0.3 is 16.6 Å². The van der Waals surface area contributed by atoms with Crippen LogP contribution < -0.4 is 0 Å². The van der Waals surface area contributed by atoms with E-state index in [1.165, 1.54) is 0 Å². The van der Waals surface area contributed by atoms with E-state index in [0.29, 0.717) is 0 Å². The van der Waals surface area contributed by atoms with E-state index in [1.807, 2.05) is 6.92 Å². The van der Waals surface area contributed by atoms with Crippen LogP contribution in [-0.4, -0.2) is 33.9 Å². The number of hydrogen-bond acceptors (Lipinski definition) is 3. The lowest BCUT2D eigenvalue weighted by Crippen LogP contribution is -1.89. The molecule has 0 fully saturated rings. The van der Waals surface area contributed by atoms with Gasteiger partial charge in [0.1, 0.15) is 0 Å². The van der Waals surface area contributed by atoms with Crippen molar-refractivity contribution in [2.45, 2.75) is 6.92 Å². The Balaban J connectivity index is -0.000000105. The van der Waals surface area contributed by atoms with Gasteiger partial charge in [0.25, 0.3) is 0 Å². The zero-order valence-electron chi connectivity index (χ0n) is 6.21. The van der Waals surface area contributed by atoms with Crippen molar-refractivity contribution < 1.29 is 32.5 Å². The van der Waals surface area contributed by atoms with Crippen molar-refractivity contribution in [1.29, 1.82) is 0 Å². The lowest BCUT2D eigenvalue weighted by molar-refractivity contribution is 0.137. The maximum absolute atomic E-state index is 8.74. The predicted octanol–water partition coefficient (Wildman–Crippen LogP) is 0.762. The van der Waals surface area contributed by atoms with E-state index >= 15 is 0 Å². The molecule has 8 heteroatoms. The van der Waals surface area contributed by atoms with Crippen molar-refractivity contribution in [3.05, 3.63) is 12.7 Å². The van der Waals surface area contributed by atoms with Gasteiger partial charge in [0.05, 0.1) is 0 Å². The molecule has 0 unspecified atom stereocenters. The lowest BCUT2D eigenvalue weighted by atomic mass is 10.8. The van der Waals surface area contributed by atoms with E-state index in [1.54, 1.807) is 6.08 Å². The topological polar surface area (TPSA) is 132 Å². The third-order valence-electron chi connectivity index (χ3n) is 0. The molecule has 0 radical (unpaired) electrons. The van der Waals surface area contributed by atoms with Gasteiger partial charge < -0.3 is 10.2 Å². The highest BCUT2D eigenvalue weighted by molar-refractivity contribution is 7.79. The van der Waals surface area contributed by atoms with Gasteiger partial charge in [-0.2, -0.15) is 8.42 Å². The summed E-state index contributed by atoms with van der Waals surface area (Å²) >= 11 is 0. The van der Waals surface area contributed by atoms with Crippen LogP contribution in [0.1, 0.15) is 6.92 Å². The Morgan fingerprint density at radius 2 is 1.33 bits per heavy atom. The molecule has 4 N–H and O–H groups in total. The molecule has 0 aromatic rings. The standard InChI is InChI=1S/C3H6.CH2O3.H2O4S/c1-3-2;2-1(3)4;1-5(2,3)4/h3H,1H2,2H3;(H2,2,3,4);(H2,1,2,3,4). The van der Waals surface area contributed by atoms with E-state index in [2.05, 4.69) is 6.58 Å². The second kappa shape index (κ2) is 9.88. The van der Waals surface area contributed by atoms with Crippen LogP contribution in [0.25, 0.3) is 0 Å². The summed E-state index contributed by atoms with van der Waals surface area (Å²) in [5.74, 6) is 0. The minimum atomic E-state index is -4.67. The zero-order chi connectivity index (χ0) is 10.8. The lowest BCUT2D eigenvalue weighted by Gasteiger charge is -1.68. The normalized spacial score (nSPS) is 7.92. The Kier molecular flexibility index (Phi) is 14.1. The van der Waals surface area contributed by atoms with Crippen molar-refractivity contribution in [3.8, 4) is 0 Å². The molecule has 0 amide bonds. The Bertz CT molecular complexity index is 191. The summed E-state index contributed by atoms with van der Waals surface area (Å²) in [5, 5.41) is 13.9. The maximum Gasteiger partial charge on any atom is 0.503 e. The molecule has 0 saturated heterocycles. The van der Waals surface area contributed by atoms with Gasteiger partial charge in [-0.05, 0) is 6.92 Å². The van der Waals surface area contributed by atoms with Gasteiger partial charge in [0, 0.05) is 0 Å². The van der Waals surface area contributed by atoms with Crippen LogP contribution in [0.4, 0.5) is 4.79 Å². The number of rotatable bonds is 0. The highest BCUT2D eigenvalue weighted by Gasteiger charge is 1.84. The van der Waals surface area contributed by atoms with E-state index in [9.17, 15) is 0 Å². The van der Waals surface area contributed by atoms with Crippen LogP contribution in [-0.2, 0) is 10.4 Å². The van der Waals surface area contributed by atoms with Gasteiger partial charge in [0.2, 0.25) is 0 Å². The number of carbonyl (C=O) groups is 1. The van der Waals surface area contributed by atoms with Crippen molar-refractivity contribution in [2.75, 3.05) is 0 Å². The van der Waals surface area contributed by atoms with Crippen molar-refractivity contribution in [3.63, 3.8) is 0 Å². The first-order valence-corrected chi connectivity index (χ1v) is 3.73. The molecule has 0 aliphatic rings. The van der Waals surface area contributed by atoms with Crippen LogP contribution in [0.2, 0.25) is 0 Å². The van der Waals surface area contributed by atoms with Crippen molar-refractivity contribution in [2.24, 2.45) is 0 Å². The Hall–Kier alpha value is -1.12. The summed E-state index contributed by atoms with van der Waals surface area (Å²) in [5.41, 5.74) is 0. The second-order valence-electron chi connectivity index (χ2n) is 1.14. The molecule has 0 aromatic carbocycles. The summed E-state index contributed by atoms with van der Waals surface area (Å²) in [4.78, 5) is 8.56. The molecular formula is C4H10O7S. The highest BCUT2D eigenvalue weighted by Crippen LogP contribution is 1.59. The second-order valence-corrected chi connectivity index (χ2v) is 2.03. The first-order chi connectivity index (χ1) is 5.15. The first-order valence-electron chi connectivity index (χ1n) is 2.34. The van der Waals surface area contributed by atoms with Gasteiger partial charge in [-0.15, -0.1) is 6.58 Å². The fourth-order valence-corrected chi connectivity index (χ4v) is 0. The molecule has 12 heavy (non-hydrogen) atoms. The molecule has 0 aliphatic carbocycles. The largest absolute Gasteiger partial charge is 0.503 e. The number of allylic oxidation sites excluding steroid dienone is 1. The minimum Gasteiger partial charge on any atom is -0.450 e. The zero-order valence-corrected chi connectivity index (χ0v) is 7.02. The van der Waals surface area contributed by atoms with Crippen LogP contribution in [0, 0.1) is 0 Å². The molecule has 7 nitrogen and oxygen atoms in total. The van der Waals surface area contributed by atoms with Crippen LogP contribution in [0.15, 0.2) is 12.7 Å². The van der Waals surface area contributed by atoms with Crippen molar-refractivity contribution >= 4 is 16.6 Å². The van der Waals surface area contributed by atoms with E-state index < -0.39 is 16.6 Å². The van der Waals surface area contributed by atoms with Crippen LogP contribution in [0.3, 0.4) is 0 Å². The average molecular weight is 202 g/mol. The average Bonchev–Trinajstić information content (AvgIpc) is 1.56. The van der Waals surface area contributed by atoms with E-state index in [-0.39, 0.29) is 0 Å². The van der Waals surface area contributed by atoms with Gasteiger partial charge in [0.15, 0.2) is 0 Å². The fourth-order valence-electron chi connectivity index (χ4n) is 0. The molecule has 0 heterocycles. The summed E-state index contributed by atoms with van der Waals surface area (Å²) in [7, 11) is -4.67. The predicted molar refractivity (Wildman–Crippen MR) is 40.7 cm³/mol. The Labute approximate surface area is 69.5 Å². The molecule has 0 atom stereocenters. The third-order valence-corrected chi connectivity index (χ3v) is 0. The van der Waals surface area contributed by atoms with Crippen LogP contribution >= 0.6 is 0 Å². The van der Waals surface area contributed by atoms with Gasteiger partial charge in [-0.3, -0.25) is 9.11 Å². The summed E-state index contributed by atoms with van der Waals surface area (Å²) in [6, 6.07) is 0. The monoisotopic (exact) mass is 202 g/mol. The van der Waals surface area contributed by atoms with Crippen molar-refractivity contribution in [1.82, 2.24) is 0 Å². The smallest absolute Gasteiger partial charge is 0.450 e. The summed E-state index contributed by atoms with van der Waals surface area (Å²) in [6.45, 7) is 5.25. The molecule has 0 aromatic heterocycles. The highest BCUT2D eigenvalue weighted by atomic mass is 32.3. The van der Waals surface area contributed by atoms with Gasteiger partial charge in [-0.1, -0.05) is 6.08 Å². The van der Waals surface area contributed by atoms with Gasteiger partial charge in [-0.25, -0.2) is 4.79 Å². The molecule has 0 saturated carbocycles. The SMILES string of the molecule is C=CC.O=C(O)O.O=S(=O)(O)O. The maximum atomic E-state index is 8.74. The number of hydrogen-bond donors (Lipinski definition) is 4. The molecule has 0 spiro atoms. The molecule has 0 rings (SSSR count). The fraction of sp³-hybridized carbons (Fsp3) is 0.250. The van der Waals surface area contributed by atoms with Crippen LogP contribution in [0.5, 0.6) is 0 Å². The quantitative estimate of drug-likeness (QED) is 0.336. The minimum absolute atomic E-state index is 1.75. The molecule has 74 valence electrons. The number of carboxylic acid groups (broad SMARTS) is 2. The Morgan fingerprint density at radius 3 is 1.33 bits per heavy atom. The third kappa shape index (κ3) is 440. The molecule has 0 aliphatic heterocycles. The molecular weight excluding hydrogens is 192 g/mol. The molecule has 0 bridgehead atoms. The summed E-state index contributed by atoms with van der Waals surface area (Å²) in [6.07, 6.45) is -0.0833. The first kappa shape index (κ1) is 17.1.